The van der Waals surface area contributed by atoms with E-state index in [-0.39, 0.29) is 33.7 Å². The average molecular weight is 553 g/mol. The molecule has 36 heavy (non-hydrogen) atoms. The van der Waals surface area contributed by atoms with Gasteiger partial charge in [0.15, 0.2) is 6.61 Å². The molecular weight excluding hydrogens is 533 g/mol. The van der Waals surface area contributed by atoms with Crippen LogP contribution in [0.25, 0.3) is 0 Å². The summed E-state index contributed by atoms with van der Waals surface area (Å²) in [5, 5.41) is -0.310. The van der Waals surface area contributed by atoms with Gasteiger partial charge in [-0.1, -0.05) is 11.6 Å². The second-order valence-electron chi connectivity index (χ2n) is 8.36. The fraction of sp³-hybridized carbons (Fsp3) is 0.292. The molecule has 0 bridgehead atoms. The van der Waals surface area contributed by atoms with Crippen molar-refractivity contribution < 1.29 is 28.7 Å². The SMILES string of the molecule is O=C(COC(=O)c1ccc(N2C(=O)[C@@H]3C[C@@H](Cl)[C@@H](Cl)C[C@H]3C2=O)cc1)NNC(=O)c1ccc(Cl)cc1. The molecule has 2 aromatic carbocycles. The standard InChI is InChI=1S/C24H20Cl3N3O6/c25-14-5-1-12(2-6-14)21(32)29-28-20(31)11-36-24(35)13-3-7-15(8-4-13)30-22(33)16-9-18(26)19(27)10-17(16)23(30)34/h1-8,16-19H,9-11H2,(H,28,31)(H,29,32)/t16-,17-,18-,19+/m1/s1. The first kappa shape index (κ1) is 25.9. The fourth-order valence-electron chi connectivity index (χ4n) is 4.15. The van der Waals surface area contributed by atoms with Crippen molar-refractivity contribution in [2.45, 2.75) is 23.6 Å². The number of halogens is 3. The number of nitrogens with one attached hydrogen (secondary N) is 2. The third kappa shape index (κ3) is 5.48. The fourth-order valence-corrected chi connectivity index (χ4v) is 4.86. The van der Waals surface area contributed by atoms with Crippen LogP contribution in [0.4, 0.5) is 5.69 Å². The van der Waals surface area contributed by atoms with Crippen LogP contribution < -0.4 is 15.8 Å². The van der Waals surface area contributed by atoms with Crippen LogP contribution >= 0.6 is 34.8 Å². The second-order valence-corrected chi connectivity index (χ2v) is 9.92. The number of nitrogens with zero attached hydrogens (tertiary/aromatic N) is 1. The molecule has 2 N–H and O–H groups in total. The number of ether oxygens (including phenoxy) is 1. The molecule has 9 nitrogen and oxygen atoms in total. The van der Waals surface area contributed by atoms with E-state index in [9.17, 15) is 24.0 Å². The van der Waals surface area contributed by atoms with Crippen LogP contribution in [0, 0.1) is 11.8 Å². The topological polar surface area (TPSA) is 122 Å². The molecule has 1 heterocycles. The first-order valence-corrected chi connectivity index (χ1v) is 12.2. The lowest BCUT2D eigenvalue weighted by atomic mass is 9.80. The van der Waals surface area contributed by atoms with Gasteiger partial charge in [0.2, 0.25) is 11.8 Å². The number of anilines is 1. The van der Waals surface area contributed by atoms with Gasteiger partial charge in [-0.15, -0.1) is 23.2 Å². The van der Waals surface area contributed by atoms with Crippen molar-refractivity contribution in [1.82, 2.24) is 10.9 Å². The van der Waals surface area contributed by atoms with Crippen molar-refractivity contribution in [3.63, 3.8) is 0 Å². The Kier molecular flexibility index (Phi) is 7.82. The molecular formula is C24H20Cl3N3O6. The van der Waals surface area contributed by atoms with Gasteiger partial charge >= 0.3 is 5.97 Å². The van der Waals surface area contributed by atoms with Gasteiger partial charge in [-0.3, -0.25) is 34.9 Å². The largest absolute Gasteiger partial charge is 0.452 e. The number of rotatable bonds is 5. The van der Waals surface area contributed by atoms with E-state index in [0.29, 0.717) is 23.6 Å². The first-order valence-electron chi connectivity index (χ1n) is 10.9. The zero-order valence-electron chi connectivity index (χ0n) is 18.6. The first-order chi connectivity index (χ1) is 17.2. The van der Waals surface area contributed by atoms with Crippen molar-refractivity contribution in [2.24, 2.45) is 11.8 Å². The summed E-state index contributed by atoms with van der Waals surface area (Å²) in [6.07, 6.45) is 0.655. The molecule has 0 unspecified atom stereocenters. The molecule has 188 valence electrons. The summed E-state index contributed by atoms with van der Waals surface area (Å²) in [5.41, 5.74) is 5.03. The lowest BCUT2D eigenvalue weighted by Gasteiger charge is -2.28. The third-order valence-electron chi connectivity index (χ3n) is 6.03. The number of hydrogen-bond donors (Lipinski definition) is 2. The van der Waals surface area contributed by atoms with Gasteiger partial charge in [0.25, 0.3) is 11.8 Å². The van der Waals surface area contributed by atoms with Crippen molar-refractivity contribution in [1.29, 1.82) is 0 Å². The summed E-state index contributed by atoms with van der Waals surface area (Å²) in [5.74, 6) is -3.84. The number of alkyl halides is 2. The van der Waals surface area contributed by atoms with Gasteiger partial charge in [-0.05, 0) is 61.4 Å². The highest BCUT2D eigenvalue weighted by Gasteiger charge is 2.52. The minimum atomic E-state index is -0.802. The normalized spacial score (nSPS) is 23.1. The van der Waals surface area contributed by atoms with E-state index in [1.807, 2.05) is 0 Å². The highest BCUT2D eigenvalue weighted by atomic mass is 35.5. The van der Waals surface area contributed by atoms with Crippen LogP contribution in [0.5, 0.6) is 0 Å². The van der Waals surface area contributed by atoms with Gasteiger partial charge in [0, 0.05) is 10.6 Å². The lowest BCUT2D eigenvalue weighted by Crippen LogP contribution is -2.43. The lowest BCUT2D eigenvalue weighted by molar-refractivity contribution is -0.125. The van der Waals surface area contributed by atoms with E-state index in [0.717, 1.165) is 4.90 Å². The summed E-state index contributed by atoms with van der Waals surface area (Å²) >= 11 is 18.2. The van der Waals surface area contributed by atoms with Crippen molar-refractivity contribution >= 4 is 70.1 Å². The van der Waals surface area contributed by atoms with Gasteiger partial charge in [-0.2, -0.15) is 0 Å². The summed E-state index contributed by atoms with van der Waals surface area (Å²) < 4.78 is 4.96. The maximum Gasteiger partial charge on any atom is 0.338 e. The minimum absolute atomic E-state index is 0.106. The van der Waals surface area contributed by atoms with Gasteiger partial charge in [-0.25, -0.2) is 4.79 Å². The Morgan fingerprint density at radius 1 is 0.833 bits per heavy atom. The Morgan fingerprint density at radius 3 is 1.92 bits per heavy atom. The number of hydrogen-bond acceptors (Lipinski definition) is 6. The molecule has 2 aromatic rings. The van der Waals surface area contributed by atoms with E-state index in [4.69, 9.17) is 39.5 Å². The molecule has 1 saturated heterocycles. The Morgan fingerprint density at radius 2 is 1.36 bits per heavy atom. The highest BCUT2D eigenvalue weighted by molar-refractivity contribution is 6.31. The van der Waals surface area contributed by atoms with Crippen LogP contribution in [-0.2, 0) is 19.1 Å². The van der Waals surface area contributed by atoms with Crippen LogP contribution in [0.3, 0.4) is 0 Å². The molecule has 4 atom stereocenters. The molecule has 1 saturated carbocycles. The van der Waals surface area contributed by atoms with Gasteiger partial charge in [0.1, 0.15) is 0 Å². The number of carbonyl (C=O) groups excluding carboxylic acids is 5. The summed E-state index contributed by atoms with van der Waals surface area (Å²) in [7, 11) is 0. The van der Waals surface area contributed by atoms with E-state index < -0.39 is 36.2 Å². The number of benzene rings is 2. The van der Waals surface area contributed by atoms with Crippen molar-refractivity contribution in [2.75, 3.05) is 11.5 Å². The molecule has 0 spiro atoms. The van der Waals surface area contributed by atoms with Crippen molar-refractivity contribution in [3.05, 3.63) is 64.7 Å². The maximum absolute atomic E-state index is 12.8. The quantitative estimate of drug-likeness (QED) is 0.254. The Balaban J connectivity index is 1.29. The van der Waals surface area contributed by atoms with Crippen LogP contribution in [0.15, 0.2) is 48.5 Å². The average Bonchev–Trinajstić information content (AvgIpc) is 3.10. The molecule has 2 fully saturated rings. The van der Waals surface area contributed by atoms with E-state index in [1.54, 1.807) is 0 Å². The molecule has 12 heteroatoms. The third-order valence-corrected chi connectivity index (χ3v) is 7.37. The molecule has 0 aromatic heterocycles. The Bertz CT molecular complexity index is 1180. The molecule has 4 rings (SSSR count). The molecule has 0 radical (unpaired) electrons. The van der Waals surface area contributed by atoms with Crippen LogP contribution in [-0.4, -0.2) is 47.0 Å². The number of imide groups is 1. The zero-order chi connectivity index (χ0) is 26.0. The zero-order valence-corrected chi connectivity index (χ0v) is 20.8. The molecule has 1 aliphatic carbocycles. The predicted octanol–water partition coefficient (Wildman–Crippen LogP) is 3.07. The summed E-state index contributed by atoms with van der Waals surface area (Å²) in [6, 6.07) is 11.7. The van der Waals surface area contributed by atoms with Crippen LogP contribution in [0.1, 0.15) is 33.6 Å². The van der Waals surface area contributed by atoms with E-state index in [2.05, 4.69) is 10.9 Å². The number of hydrazine groups is 1. The van der Waals surface area contributed by atoms with Gasteiger partial charge < -0.3 is 4.74 Å². The monoisotopic (exact) mass is 551 g/mol. The summed E-state index contributed by atoms with van der Waals surface area (Å²) in [6.45, 7) is -0.646. The molecule has 1 aliphatic heterocycles. The molecule has 2 aliphatic rings. The number of esters is 1. The number of carbonyl (C=O) groups is 5. The number of amides is 4. The Labute approximate surface area is 221 Å². The van der Waals surface area contributed by atoms with Crippen LogP contribution in [0.2, 0.25) is 5.02 Å². The summed E-state index contributed by atoms with van der Waals surface area (Å²) in [4.78, 5) is 63.0. The van der Waals surface area contributed by atoms with E-state index >= 15 is 0 Å². The van der Waals surface area contributed by atoms with Crippen molar-refractivity contribution in [3.8, 4) is 0 Å². The smallest absolute Gasteiger partial charge is 0.338 e. The highest BCUT2D eigenvalue weighted by Crippen LogP contribution is 2.43. The molecule has 4 amide bonds. The second kappa shape index (κ2) is 10.9. The Hall–Kier alpha value is -3.14. The van der Waals surface area contributed by atoms with Gasteiger partial charge in [0.05, 0.1) is 33.8 Å². The minimum Gasteiger partial charge on any atom is -0.452 e. The maximum atomic E-state index is 12.8. The number of fused-ring (bicyclic) bond motifs is 1. The van der Waals surface area contributed by atoms with E-state index in [1.165, 1.54) is 48.5 Å². The predicted molar refractivity (Wildman–Crippen MR) is 132 cm³/mol.